The van der Waals surface area contributed by atoms with E-state index in [1.54, 1.807) is 0 Å². The molecule has 0 aliphatic carbocycles. The molecule has 0 saturated heterocycles. The van der Waals surface area contributed by atoms with Gasteiger partial charge in [0, 0.05) is 54.3 Å². The van der Waals surface area contributed by atoms with E-state index in [1.165, 1.54) is 40.9 Å². The van der Waals surface area contributed by atoms with Crippen LogP contribution in [0.5, 0.6) is 0 Å². The molecule has 4 heteroatoms. The third-order valence-electron chi connectivity index (χ3n) is 11.2. The molecule has 0 atom stereocenters. The van der Waals surface area contributed by atoms with Crippen molar-refractivity contribution in [1.82, 2.24) is 0 Å². The van der Waals surface area contributed by atoms with Crippen LogP contribution in [0.15, 0.2) is 243 Å². The highest BCUT2D eigenvalue weighted by Gasteiger charge is 2.42. The Kier molecular flexibility index (Phi) is 9.48. The van der Waals surface area contributed by atoms with Gasteiger partial charge < -0.3 is 9.80 Å². The maximum Gasteiger partial charge on any atom is 0.179 e. The first-order valence-electron chi connectivity index (χ1n) is 19.8. The molecule has 0 saturated carbocycles. The zero-order valence-electron chi connectivity index (χ0n) is 31.9. The third-order valence-corrected chi connectivity index (χ3v) is 17.1. The lowest BCUT2D eigenvalue weighted by Crippen LogP contribution is -2.74. The fraction of sp³-hybridized carbons (Fsp3) is 0. The molecule has 0 radical (unpaired) electrons. The van der Waals surface area contributed by atoms with Gasteiger partial charge >= 0.3 is 0 Å². The summed E-state index contributed by atoms with van der Waals surface area (Å²) in [7, 11) is -2.89. The van der Waals surface area contributed by atoms with E-state index in [0.29, 0.717) is 0 Å². The van der Waals surface area contributed by atoms with E-state index in [0.717, 1.165) is 34.1 Å². The molecule has 0 bridgehead atoms. The van der Waals surface area contributed by atoms with Gasteiger partial charge in [0.1, 0.15) is 0 Å². The van der Waals surface area contributed by atoms with E-state index < -0.39 is 8.07 Å². The molecular formula is C54H40N2SSi. The van der Waals surface area contributed by atoms with Gasteiger partial charge in [0.25, 0.3) is 0 Å². The van der Waals surface area contributed by atoms with Crippen molar-refractivity contribution in [2.75, 3.05) is 9.80 Å². The van der Waals surface area contributed by atoms with Crippen LogP contribution < -0.4 is 30.5 Å². The van der Waals surface area contributed by atoms with E-state index >= 15 is 0 Å². The minimum atomic E-state index is -2.89. The molecule has 10 rings (SSSR count). The van der Waals surface area contributed by atoms with Crippen LogP contribution in [0.3, 0.4) is 0 Å². The quantitative estimate of drug-likeness (QED) is 0.101. The topological polar surface area (TPSA) is 6.48 Å². The summed E-state index contributed by atoms with van der Waals surface area (Å²) in [5.41, 5.74) is 6.75. The molecule has 10 aromatic rings. The average molecular weight is 777 g/mol. The van der Waals surface area contributed by atoms with Gasteiger partial charge in [0.05, 0.1) is 0 Å². The molecule has 0 aliphatic rings. The Hall–Kier alpha value is -6.98. The van der Waals surface area contributed by atoms with Crippen molar-refractivity contribution in [3.8, 4) is 0 Å². The Labute approximate surface area is 345 Å². The number of benzene rings is 9. The fourth-order valence-corrected chi connectivity index (χ4v) is 14.5. The van der Waals surface area contributed by atoms with E-state index in [4.69, 9.17) is 0 Å². The van der Waals surface area contributed by atoms with Gasteiger partial charge in [-0.1, -0.05) is 164 Å². The summed E-state index contributed by atoms with van der Waals surface area (Å²) in [6.07, 6.45) is 0. The number of anilines is 6. The first kappa shape index (κ1) is 35.4. The van der Waals surface area contributed by atoms with Gasteiger partial charge in [0.15, 0.2) is 8.07 Å². The van der Waals surface area contributed by atoms with Crippen LogP contribution >= 0.6 is 11.3 Å². The van der Waals surface area contributed by atoms with Crippen LogP contribution in [0.25, 0.3) is 20.2 Å². The summed E-state index contributed by atoms with van der Waals surface area (Å²) in [5, 5.41) is 7.94. The number of hydrogen-bond donors (Lipinski definition) is 0. The second kappa shape index (κ2) is 15.5. The number of para-hydroxylation sites is 3. The summed E-state index contributed by atoms with van der Waals surface area (Å²) >= 11 is 1.86. The van der Waals surface area contributed by atoms with E-state index in [1.807, 2.05) is 11.3 Å². The molecule has 0 N–H and O–H groups in total. The SMILES string of the molecule is c1ccc(N(c2ccccc2)c2cccc([Si](c3ccccc3)(c3ccccc3)c3ccc(N(c4ccccc4)c4ccc5c(c4)sc4ccccc45)cc3)c2)cc1. The third kappa shape index (κ3) is 6.39. The lowest BCUT2D eigenvalue weighted by molar-refractivity contribution is 1.29. The molecule has 276 valence electrons. The molecule has 0 unspecified atom stereocenters. The van der Waals surface area contributed by atoms with E-state index in [9.17, 15) is 0 Å². The zero-order valence-corrected chi connectivity index (χ0v) is 33.7. The number of thiophene rings is 1. The van der Waals surface area contributed by atoms with Crippen LogP contribution in [0, 0.1) is 0 Å². The summed E-state index contributed by atoms with van der Waals surface area (Å²) in [6.45, 7) is 0. The fourth-order valence-electron chi connectivity index (χ4n) is 8.59. The van der Waals surface area contributed by atoms with E-state index in [2.05, 4.69) is 252 Å². The minimum absolute atomic E-state index is 1.12. The normalized spacial score (nSPS) is 11.4. The van der Waals surface area contributed by atoms with Gasteiger partial charge in [-0.25, -0.2) is 0 Å². The summed E-state index contributed by atoms with van der Waals surface area (Å²) in [4.78, 5) is 4.76. The smallest absolute Gasteiger partial charge is 0.179 e. The Morgan fingerprint density at radius 2 is 0.638 bits per heavy atom. The molecule has 0 aliphatic heterocycles. The highest BCUT2D eigenvalue weighted by Crippen LogP contribution is 2.40. The molecule has 9 aromatic carbocycles. The zero-order chi connectivity index (χ0) is 38.7. The van der Waals surface area contributed by atoms with Crippen molar-refractivity contribution in [2.45, 2.75) is 0 Å². The van der Waals surface area contributed by atoms with Crippen molar-refractivity contribution in [3.63, 3.8) is 0 Å². The Morgan fingerprint density at radius 1 is 0.259 bits per heavy atom. The summed E-state index contributed by atoms with van der Waals surface area (Å²) in [6, 6.07) is 88.8. The molecule has 0 amide bonds. The van der Waals surface area contributed by atoms with Gasteiger partial charge in [-0.05, 0) is 99.6 Å². The maximum atomic E-state index is 2.44. The Balaban J connectivity index is 1.16. The van der Waals surface area contributed by atoms with Crippen molar-refractivity contribution in [3.05, 3.63) is 243 Å². The molecule has 0 spiro atoms. The number of fused-ring (bicyclic) bond motifs is 3. The summed E-state index contributed by atoms with van der Waals surface area (Å²) < 4.78 is 2.60. The highest BCUT2D eigenvalue weighted by atomic mass is 32.1. The predicted octanol–water partition coefficient (Wildman–Crippen LogP) is 12.4. The van der Waals surface area contributed by atoms with Crippen molar-refractivity contribution in [1.29, 1.82) is 0 Å². The van der Waals surface area contributed by atoms with E-state index in [-0.39, 0.29) is 0 Å². The second-order valence-corrected chi connectivity index (χ2v) is 19.4. The molecule has 0 fully saturated rings. The monoisotopic (exact) mass is 776 g/mol. The van der Waals surface area contributed by atoms with Crippen LogP contribution in [0.2, 0.25) is 0 Å². The van der Waals surface area contributed by atoms with Gasteiger partial charge in [-0.2, -0.15) is 0 Å². The average Bonchev–Trinajstić information content (AvgIpc) is 3.67. The van der Waals surface area contributed by atoms with Crippen LogP contribution in [-0.4, -0.2) is 8.07 Å². The first-order valence-corrected chi connectivity index (χ1v) is 22.6. The highest BCUT2D eigenvalue weighted by molar-refractivity contribution is 7.25. The minimum Gasteiger partial charge on any atom is -0.311 e. The number of hydrogen-bond acceptors (Lipinski definition) is 3. The van der Waals surface area contributed by atoms with Crippen LogP contribution in [0.1, 0.15) is 0 Å². The number of rotatable bonds is 10. The molecule has 1 heterocycles. The van der Waals surface area contributed by atoms with Crippen LogP contribution in [0.4, 0.5) is 34.1 Å². The van der Waals surface area contributed by atoms with Crippen molar-refractivity contribution in [2.24, 2.45) is 0 Å². The first-order chi connectivity index (χ1) is 28.8. The van der Waals surface area contributed by atoms with Gasteiger partial charge in [0.2, 0.25) is 0 Å². The molecule has 1 aromatic heterocycles. The Bertz CT molecular complexity index is 2860. The summed E-state index contributed by atoms with van der Waals surface area (Å²) in [5.74, 6) is 0. The second-order valence-electron chi connectivity index (χ2n) is 14.5. The lowest BCUT2D eigenvalue weighted by atomic mass is 10.1. The van der Waals surface area contributed by atoms with Gasteiger partial charge in [-0.15, -0.1) is 11.3 Å². The maximum absolute atomic E-state index is 2.89. The number of nitrogens with zero attached hydrogens (tertiary/aromatic N) is 2. The molecular weight excluding hydrogens is 737 g/mol. The molecule has 2 nitrogen and oxygen atoms in total. The predicted molar refractivity (Wildman–Crippen MR) is 252 cm³/mol. The largest absolute Gasteiger partial charge is 0.311 e. The standard InChI is InChI=1S/C54H40N2SSi/c1-6-19-41(20-7-1)55(42-21-8-2-9-22-42)45-25-18-30-50(39-45)58(47-26-12-4-13-27-47,48-28-14-5-15-29-48)49-36-33-44(34-37-49)56(43-23-10-3-11-24-43)46-35-38-52-51-31-16-17-32-53(51)57-54(52)40-46/h1-40H. The van der Waals surface area contributed by atoms with Gasteiger partial charge in [-0.3, -0.25) is 0 Å². The Morgan fingerprint density at radius 3 is 1.19 bits per heavy atom. The van der Waals surface area contributed by atoms with Crippen molar-refractivity contribution >= 4 is 94.5 Å². The lowest BCUT2D eigenvalue weighted by Gasteiger charge is -2.36. The van der Waals surface area contributed by atoms with Crippen LogP contribution in [-0.2, 0) is 0 Å². The molecule has 58 heavy (non-hydrogen) atoms. The van der Waals surface area contributed by atoms with Crippen molar-refractivity contribution < 1.29 is 0 Å².